The van der Waals surface area contributed by atoms with Gasteiger partial charge in [0.25, 0.3) is 0 Å². The Labute approximate surface area is 163 Å². The molecular weight excluding hydrogens is 372 g/mol. The summed E-state index contributed by atoms with van der Waals surface area (Å²) in [5.74, 6) is 0. The molecule has 2 aromatic heterocycles. The molecule has 0 saturated carbocycles. The molecule has 0 aliphatic rings. The number of hydrogen-bond donors (Lipinski definition) is 1. The Morgan fingerprint density at radius 1 is 1.00 bits per heavy atom. The summed E-state index contributed by atoms with van der Waals surface area (Å²) in [5, 5.41) is 6.75. The van der Waals surface area contributed by atoms with E-state index in [4.69, 9.17) is 0 Å². The molecule has 4 rings (SSSR count). The number of aromatic nitrogens is 3. The first kappa shape index (κ1) is 18.3. The van der Waals surface area contributed by atoms with Gasteiger partial charge in [-0.3, -0.25) is 4.98 Å². The van der Waals surface area contributed by atoms with Crippen molar-refractivity contribution in [3.05, 3.63) is 84.4 Å². The van der Waals surface area contributed by atoms with Crippen LogP contribution in [0.15, 0.2) is 78.1 Å². The van der Waals surface area contributed by atoms with E-state index in [0.717, 1.165) is 27.7 Å². The predicted molar refractivity (Wildman–Crippen MR) is 109 cm³/mol. The van der Waals surface area contributed by atoms with Gasteiger partial charge in [-0.05, 0) is 37.4 Å². The van der Waals surface area contributed by atoms with Crippen LogP contribution in [-0.4, -0.2) is 23.2 Å². The van der Waals surface area contributed by atoms with E-state index in [2.05, 4.69) is 33.0 Å². The minimum Gasteiger partial charge on any atom is -0.263 e. The van der Waals surface area contributed by atoms with E-state index in [1.165, 1.54) is 12.3 Å². The van der Waals surface area contributed by atoms with Crippen molar-refractivity contribution in [3.63, 3.8) is 0 Å². The zero-order chi connectivity index (χ0) is 19.7. The van der Waals surface area contributed by atoms with E-state index in [1.807, 2.05) is 42.8 Å². The van der Waals surface area contributed by atoms with E-state index in [9.17, 15) is 8.42 Å². The van der Waals surface area contributed by atoms with Gasteiger partial charge in [-0.25, -0.2) is 17.8 Å². The highest BCUT2D eigenvalue weighted by Crippen LogP contribution is 2.26. The summed E-state index contributed by atoms with van der Waals surface area (Å²) in [6.07, 6.45) is 4.59. The molecule has 2 aromatic carbocycles. The van der Waals surface area contributed by atoms with Crippen LogP contribution in [0.1, 0.15) is 24.2 Å². The first-order chi connectivity index (χ1) is 13.5. The van der Waals surface area contributed by atoms with Crippen LogP contribution in [0.4, 0.5) is 0 Å². The average molecular weight is 392 g/mol. The molecule has 7 heteroatoms. The lowest BCUT2D eigenvalue weighted by atomic mass is 10.1. The fraction of sp³-hybridized carbons (Fsp3) is 0.143. The Hall–Kier alpha value is -3.03. The maximum absolute atomic E-state index is 12.6. The van der Waals surface area contributed by atoms with Gasteiger partial charge in [-0.2, -0.15) is 5.10 Å². The molecular formula is C21H20N4O2S. The molecule has 4 aromatic rings. The molecule has 0 radical (unpaired) electrons. The minimum atomic E-state index is -3.66. The number of nitrogens with zero attached hydrogens (tertiary/aromatic N) is 3. The van der Waals surface area contributed by atoms with Crippen LogP contribution in [-0.2, 0) is 10.0 Å². The molecule has 0 amide bonds. The topological polar surface area (TPSA) is 76.9 Å². The van der Waals surface area contributed by atoms with Crippen LogP contribution in [0.3, 0.4) is 0 Å². The summed E-state index contributed by atoms with van der Waals surface area (Å²) >= 11 is 0. The first-order valence-corrected chi connectivity index (χ1v) is 10.4. The molecule has 0 aliphatic heterocycles. The lowest BCUT2D eigenvalue weighted by Gasteiger charge is -2.15. The summed E-state index contributed by atoms with van der Waals surface area (Å²) in [7, 11) is -3.66. The van der Waals surface area contributed by atoms with E-state index in [0.29, 0.717) is 0 Å². The number of hydrogen-bond acceptors (Lipinski definition) is 4. The van der Waals surface area contributed by atoms with E-state index in [1.54, 1.807) is 18.5 Å². The molecule has 1 N–H and O–H groups in total. The third-order valence-electron chi connectivity index (χ3n) is 4.79. The lowest BCUT2D eigenvalue weighted by molar-refractivity contribution is 0.566. The van der Waals surface area contributed by atoms with Gasteiger partial charge >= 0.3 is 0 Å². The Kier molecular flexibility index (Phi) is 4.70. The molecule has 0 spiro atoms. The molecule has 0 unspecified atom stereocenters. The standard InChI is InChI=1S/C21H20N4O2S/c1-15(24-28(26,27)18-9-6-12-22-13-18)20-14-23-25(16(20)2)21-11-5-8-17-7-3-4-10-19(17)21/h3-15,24H,1-2H3/t15-/m0/s1. The number of sulfonamides is 1. The highest BCUT2D eigenvalue weighted by molar-refractivity contribution is 7.89. The van der Waals surface area contributed by atoms with Crippen LogP contribution in [0.2, 0.25) is 0 Å². The van der Waals surface area contributed by atoms with Gasteiger partial charge in [0.05, 0.1) is 11.9 Å². The van der Waals surface area contributed by atoms with Crippen molar-refractivity contribution in [2.24, 2.45) is 0 Å². The van der Waals surface area contributed by atoms with Gasteiger partial charge in [0.2, 0.25) is 10.0 Å². The zero-order valence-corrected chi connectivity index (χ0v) is 16.4. The Bertz CT molecular complexity index is 1230. The monoisotopic (exact) mass is 392 g/mol. The molecule has 0 bridgehead atoms. The molecule has 6 nitrogen and oxygen atoms in total. The van der Waals surface area contributed by atoms with E-state index in [-0.39, 0.29) is 4.90 Å². The zero-order valence-electron chi connectivity index (χ0n) is 15.6. The third-order valence-corrected chi connectivity index (χ3v) is 6.31. The van der Waals surface area contributed by atoms with Crippen LogP contribution in [0.5, 0.6) is 0 Å². The van der Waals surface area contributed by atoms with Crippen molar-refractivity contribution in [3.8, 4) is 5.69 Å². The molecule has 1 atom stereocenters. The SMILES string of the molecule is Cc1c([C@H](C)NS(=O)(=O)c2cccnc2)cnn1-c1cccc2ccccc12. The van der Waals surface area contributed by atoms with Gasteiger partial charge in [0.15, 0.2) is 0 Å². The molecule has 2 heterocycles. The van der Waals surface area contributed by atoms with Crippen molar-refractivity contribution in [2.45, 2.75) is 24.8 Å². The second-order valence-corrected chi connectivity index (χ2v) is 8.34. The van der Waals surface area contributed by atoms with Crippen molar-refractivity contribution in [1.29, 1.82) is 0 Å². The Morgan fingerprint density at radius 2 is 1.79 bits per heavy atom. The second kappa shape index (κ2) is 7.18. The van der Waals surface area contributed by atoms with Gasteiger partial charge in [-0.15, -0.1) is 0 Å². The average Bonchev–Trinajstić information content (AvgIpc) is 3.09. The van der Waals surface area contributed by atoms with Gasteiger partial charge in [-0.1, -0.05) is 36.4 Å². The molecule has 28 heavy (non-hydrogen) atoms. The van der Waals surface area contributed by atoms with E-state index >= 15 is 0 Å². The lowest BCUT2D eigenvalue weighted by Crippen LogP contribution is -2.27. The van der Waals surface area contributed by atoms with Crippen molar-refractivity contribution < 1.29 is 8.42 Å². The number of nitrogens with one attached hydrogen (secondary N) is 1. The smallest absolute Gasteiger partial charge is 0.242 e. The van der Waals surface area contributed by atoms with Crippen LogP contribution in [0.25, 0.3) is 16.5 Å². The summed E-state index contributed by atoms with van der Waals surface area (Å²) in [4.78, 5) is 4.03. The maximum atomic E-state index is 12.6. The first-order valence-electron chi connectivity index (χ1n) is 8.92. The third kappa shape index (κ3) is 3.30. The van der Waals surface area contributed by atoms with Crippen molar-refractivity contribution in [1.82, 2.24) is 19.5 Å². The maximum Gasteiger partial charge on any atom is 0.242 e. The van der Waals surface area contributed by atoms with Crippen LogP contribution in [0, 0.1) is 6.92 Å². The number of pyridine rings is 1. The highest BCUT2D eigenvalue weighted by Gasteiger charge is 2.22. The summed E-state index contributed by atoms with van der Waals surface area (Å²) in [6, 6.07) is 16.9. The largest absolute Gasteiger partial charge is 0.263 e. The van der Waals surface area contributed by atoms with E-state index < -0.39 is 16.1 Å². The normalized spacial score (nSPS) is 12.9. The van der Waals surface area contributed by atoms with Crippen molar-refractivity contribution >= 4 is 20.8 Å². The fourth-order valence-electron chi connectivity index (χ4n) is 3.35. The Morgan fingerprint density at radius 3 is 2.57 bits per heavy atom. The number of benzene rings is 2. The van der Waals surface area contributed by atoms with Crippen LogP contribution < -0.4 is 4.72 Å². The van der Waals surface area contributed by atoms with Gasteiger partial charge < -0.3 is 0 Å². The minimum absolute atomic E-state index is 0.140. The van der Waals surface area contributed by atoms with Crippen LogP contribution >= 0.6 is 0 Å². The number of fused-ring (bicyclic) bond motifs is 1. The van der Waals surface area contributed by atoms with Gasteiger partial charge in [0.1, 0.15) is 4.90 Å². The summed E-state index contributed by atoms with van der Waals surface area (Å²) in [5.41, 5.74) is 2.67. The summed E-state index contributed by atoms with van der Waals surface area (Å²) < 4.78 is 29.8. The predicted octanol–water partition coefficient (Wildman–Crippen LogP) is 3.77. The quantitative estimate of drug-likeness (QED) is 0.561. The summed E-state index contributed by atoms with van der Waals surface area (Å²) in [6.45, 7) is 3.75. The fourth-order valence-corrected chi connectivity index (χ4v) is 4.54. The van der Waals surface area contributed by atoms with Crippen molar-refractivity contribution in [2.75, 3.05) is 0 Å². The molecule has 0 saturated heterocycles. The Balaban J connectivity index is 1.69. The second-order valence-electron chi connectivity index (χ2n) is 6.63. The number of rotatable bonds is 5. The highest BCUT2D eigenvalue weighted by atomic mass is 32.2. The molecule has 0 fully saturated rings. The molecule has 0 aliphatic carbocycles. The molecule has 142 valence electrons. The van der Waals surface area contributed by atoms with Gasteiger partial charge in [0, 0.05) is 35.1 Å².